The molecule has 0 fully saturated rings. The van der Waals surface area contributed by atoms with Crippen LogP contribution in [-0.2, 0) is 15.3 Å². The molecule has 1 aromatic carbocycles. The van der Waals surface area contributed by atoms with Crippen molar-refractivity contribution < 1.29 is 23.0 Å². The monoisotopic (exact) mass is 276 g/mol. The zero-order valence-electron chi connectivity index (χ0n) is 10.1. The number of benzene rings is 1. The maximum absolute atomic E-state index is 13.3. The van der Waals surface area contributed by atoms with Gasteiger partial charge in [-0.05, 0) is 24.6 Å². The van der Waals surface area contributed by atoms with E-state index in [4.69, 9.17) is 4.74 Å². The van der Waals surface area contributed by atoms with E-state index in [0.717, 1.165) is 0 Å². The Morgan fingerprint density at radius 1 is 1.33 bits per heavy atom. The van der Waals surface area contributed by atoms with Gasteiger partial charge in [0.05, 0.1) is 13.7 Å². The molecule has 1 rings (SSSR count). The van der Waals surface area contributed by atoms with Gasteiger partial charge < -0.3 is 9.47 Å². The van der Waals surface area contributed by atoms with Gasteiger partial charge in [-0.25, -0.2) is 4.79 Å². The van der Waals surface area contributed by atoms with Crippen molar-refractivity contribution in [2.24, 2.45) is 0 Å². The topological polar surface area (TPSA) is 35.5 Å². The lowest BCUT2D eigenvalue weighted by atomic mass is 10.2. The van der Waals surface area contributed by atoms with Crippen molar-refractivity contribution in [1.82, 2.24) is 0 Å². The van der Waals surface area contributed by atoms with Crippen molar-refractivity contribution in [3.05, 3.63) is 29.8 Å². The summed E-state index contributed by atoms with van der Waals surface area (Å²) in [4.78, 5) is 11.0. The predicted octanol–water partition coefficient (Wildman–Crippen LogP) is 3.08. The molecule has 1 aromatic rings. The molecule has 0 aliphatic heterocycles. The molecule has 0 saturated heterocycles. The number of alkyl halides is 2. The normalized spacial score (nSPS) is 11.1. The van der Waals surface area contributed by atoms with Crippen LogP contribution in [0.4, 0.5) is 8.78 Å². The largest absolute Gasteiger partial charge is 0.497 e. The van der Waals surface area contributed by atoms with Crippen LogP contribution >= 0.6 is 11.8 Å². The summed E-state index contributed by atoms with van der Waals surface area (Å²) in [6.45, 7) is 1.43. The van der Waals surface area contributed by atoms with E-state index in [-0.39, 0.29) is 24.1 Å². The highest BCUT2D eigenvalue weighted by Crippen LogP contribution is 2.33. The third-order valence-electron chi connectivity index (χ3n) is 2.09. The van der Waals surface area contributed by atoms with Crippen molar-refractivity contribution in [3.63, 3.8) is 0 Å². The standard InChI is InChI=1S/C12H14F2O3S/c1-3-17-11(15)12(13,14)18-8-9-4-6-10(16-2)7-5-9/h4-7H,3,8H2,1-2H3. The number of halogens is 2. The Hall–Kier alpha value is -1.30. The molecule has 0 aliphatic rings. The Morgan fingerprint density at radius 2 is 1.94 bits per heavy atom. The van der Waals surface area contributed by atoms with Gasteiger partial charge >= 0.3 is 11.2 Å². The summed E-state index contributed by atoms with van der Waals surface area (Å²) in [5.74, 6) is -0.820. The molecular weight excluding hydrogens is 262 g/mol. The summed E-state index contributed by atoms with van der Waals surface area (Å²) in [5.41, 5.74) is 0.685. The highest BCUT2D eigenvalue weighted by Gasteiger charge is 2.41. The summed E-state index contributed by atoms with van der Waals surface area (Å²) in [6.07, 6.45) is 0. The minimum absolute atomic E-state index is 0.0236. The molecule has 6 heteroatoms. The molecule has 0 saturated carbocycles. The highest BCUT2D eigenvalue weighted by atomic mass is 32.2. The molecule has 0 aliphatic carbocycles. The molecule has 18 heavy (non-hydrogen) atoms. The first-order valence-corrected chi connectivity index (χ1v) is 6.30. The number of carbonyl (C=O) groups excluding carboxylic acids is 1. The fourth-order valence-corrected chi connectivity index (χ4v) is 1.89. The predicted molar refractivity (Wildman–Crippen MR) is 65.9 cm³/mol. The van der Waals surface area contributed by atoms with Crippen LogP contribution in [0.5, 0.6) is 5.75 Å². The van der Waals surface area contributed by atoms with Gasteiger partial charge in [0, 0.05) is 5.75 Å². The smallest absolute Gasteiger partial charge is 0.389 e. The fraction of sp³-hybridized carbons (Fsp3) is 0.417. The molecule has 0 amide bonds. The lowest BCUT2D eigenvalue weighted by Gasteiger charge is -2.13. The van der Waals surface area contributed by atoms with Crippen LogP contribution in [-0.4, -0.2) is 24.9 Å². The van der Waals surface area contributed by atoms with Crippen molar-refractivity contribution >= 4 is 17.7 Å². The second kappa shape index (κ2) is 6.58. The average molecular weight is 276 g/mol. The van der Waals surface area contributed by atoms with E-state index in [1.165, 1.54) is 14.0 Å². The highest BCUT2D eigenvalue weighted by molar-refractivity contribution is 8.00. The Balaban J connectivity index is 2.55. The second-order valence-corrected chi connectivity index (χ2v) is 4.46. The van der Waals surface area contributed by atoms with Gasteiger partial charge in [0.15, 0.2) is 0 Å². The molecule has 0 bridgehead atoms. The Bertz CT molecular complexity index is 393. The van der Waals surface area contributed by atoms with Crippen LogP contribution in [0.25, 0.3) is 0 Å². The van der Waals surface area contributed by atoms with E-state index in [1.54, 1.807) is 24.3 Å². The number of ether oxygens (including phenoxy) is 2. The first kappa shape index (κ1) is 14.8. The number of thioether (sulfide) groups is 1. The Labute approximate surface area is 108 Å². The zero-order valence-corrected chi connectivity index (χ0v) is 10.9. The number of hydrogen-bond donors (Lipinski definition) is 0. The third kappa shape index (κ3) is 4.18. The first-order valence-electron chi connectivity index (χ1n) is 5.31. The summed E-state index contributed by atoms with van der Waals surface area (Å²) >= 11 is 0.245. The molecular formula is C12H14F2O3S. The van der Waals surface area contributed by atoms with Crippen molar-refractivity contribution in [3.8, 4) is 5.75 Å². The van der Waals surface area contributed by atoms with Gasteiger partial charge in [-0.15, -0.1) is 0 Å². The lowest BCUT2D eigenvalue weighted by molar-refractivity contribution is -0.159. The summed E-state index contributed by atoms with van der Waals surface area (Å²) < 4.78 is 35.9. The number of methoxy groups -OCH3 is 1. The van der Waals surface area contributed by atoms with Crippen LogP contribution in [0.3, 0.4) is 0 Å². The molecule has 0 radical (unpaired) electrons. The molecule has 0 spiro atoms. The lowest BCUT2D eigenvalue weighted by Crippen LogP contribution is -2.27. The van der Waals surface area contributed by atoms with Gasteiger partial charge in [-0.1, -0.05) is 23.9 Å². The third-order valence-corrected chi connectivity index (χ3v) is 3.10. The van der Waals surface area contributed by atoms with Crippen LogP contribution in [0.2, 0.25) is 0 Å². The Morgan fingerprint density at radius 3 is 2.44 bits per heavy atom. The molecule has 3 nitrogen and oxygen atoms in total. The molecule has 0 heterocycles. The molecule has 0 aromatic heterocycles. The Kier molecular flexibility index (Phi) is 5.40. The summed E-state index contributed by atoms with van der Waals surface area (Å²) in [6, 6.07) is 6.71. The van der Waals surface area contributed by atoms with Crippen molar-refractivity contribution in [2.45, 2.75) is 17.9 Å². The van der Waals surface area contributed by atoms with E-state index in [9.17, 15) is 13.6 Å². The minimum atomic E-state index is -3.52. The number of carbonyl (C=O) groups is 1. The number of hydrogen-bond acceptors (Lipinski definition) is 4. The van der Waals surface area contributed by atoms with E-state index in [0.29, 0.717) is 11.3 Å². The van der Waals surface area contributed by atoms with E-state index in [1.807, 2.05) is 0 Å². The number of rotatable bonds is 6. The van der Waals surface area contributed by atoms with E-state index < -0.39 is 11.2 Å². The first-order chi connectivity index (χ1) is 8.49. The molecule has 0 atom stereocenters. The van der Waals surface area contributed by atoms with Gasteiger partial charge in [0.2, 0.25) is 0 Å². The minimum Gasteiger partial charge on any atom is -0.497 e. The van der Waals surface area contributed by atoms with Crippen LogP contribution in [0.15, 0.2) is 24.3 Å². The summed E-state index contributed by atoms with van der Waals surface area (Å²) in [5, 5.41) is -3.52. The van der Waals surface area contributed by atoms with Gasteiger partial charge in [0.1, 0.15) is 5.75 Å². The maximum atomic E-state index is 13.3. The fourth-order valence-electron chi connectivity index (χ4n) is 1.17. The van der Waals surface area contributed by atoms with Gasteiger partial charge in [-0.3, -0.25) is 0 Å². The summed E-state index contributed by atoms with van der Waals surface area (Å²) in [7, 11) is 1.53. The van der Waals surface area contributed by atoms with Crippen LogP contribution in [0.1, 0.15) is 12.5 Å². The van der Waals surface area contributed by atoms with E-state index in [2.05, 4.69) is 4.74 Å². The van der Waals surface area contributed by atoms with Crippen molar-refractivity contribution in [2.75, 3.05) is 13.7 Å². The quantitative estimate of drug-likeness (QED) is 0.748. The molecule has 0 N–H and O–H groups in total. The van der Waals surface area contributed by atoms with E-state index >= 15 is 0 Å². The zero-order chi connectivity index (χ0) is 13.6. The average Bonchev–Trinajstić information content (AvgIpc) is 2.37. The van der Waals surface area contributed by atoms with Crippen LogP contribution in [0, 0.1) is 0 Å². The SMILES string of the molecule is CCOC(=O)C(F)(F)SCc1ccc(OC)cc1. The maximum Gasteiger partial charge on any atom is 0.389 e. The molecule has 0 unspecified atom stereocenters. The van der Waals surface area contributed by atoms with Gasteiger partial charge in [-0.2, -0.15) is 8.78 Å². The van der Waals surface area contributed by atoms with Gasteiger partial charge in [0.25, 0.3) is 0 Å². The van der Waals surface area contributed by atoms with Crippen LogP contribution < -0.4 is 4.74 Å². The van der Waals surface area contributed by atoms with Crippen molar-refractivity contribution in [1.29, 1.82) is 0 Å². The molecule has 100 valence electrons. The second-order valence-electron chi connectivity index (χ2n) is 3.37. The number of esters is 1.